The summed E-state index contributed by atoms with van der Waals surface area (Å²) in [5.41, 5.74) is -6.51. The predicted octanol–water partition coefficient (Wildman–Crippen LogP) is 8.50. The van der Waals surface area contributed by atoms with Crippen LogP contribution < -0.4 is 9.47 Å². The van der Waals surface area contributed by atoms with Gasteiger partial charge in [0.25, 0.3) is 0 Å². The standard InChI is InChI=1S/C27H8F16O5S/c1-4-7(28)19(40)26(20(41)8(4)29)49(44,45)27-21(42)17(38)25(18(39)22(27)43)48-24-15(36)11(32)6(12(33)16(24)37)5-9(30)13(34)23(47-3-46-2)14(35)10(5)31/h3H2,1-2H3. The molecule has 22 heteroatoms. The molecule has 4 rings (SSSR count). The van der Waals surface area contributed by atoms with E-state index in [2.05, 4.69) is 14.2 Å². The highest BCUT2D eigenvalue weighted by Gasteiger charge is 2.42. The minimum atomic E-state index is -6.68. The van der Waals surface area contributed by atoms with E-state index in [1.165, 1.54) is 0 Å². The molecule has 0 aliphatic carbocycles. The molecule has 0 radical (unpaired) electrons. The van der Waals surface area contributed by atoms with Crippen molar-refractivity contribution in [3.05, 3.63) is 98.6 Å². The van der Waals surface area contributed by atoms with E-state index in [0.717, 1.165) is 7.11 Å². The Bertz CT molecular complexity index is 2070. The highest BCUT2D eigenvalue weighted by molar-refractivity contribution is 7.91. The molecule has 4 aromatic carbocycles. The van der Waals surface area contributed by atoms with Crippen LogP contribution in [-0.2, 0) is 14.6 Å². The van der Waals surface area contributed by atoms with Crippen molar-refractivity contribution < 1.29 is 92.9 Å². The number of halogens is 16. The number of hydrogen-bond acceptors (Lipinski definition) is 5. The second kappa shape index (κ2) is 12.9. The summed E-state index contributed by atoms with van der Waals surface area (Å²) in [6, 6.07) is 0. The van der Waals surface area contributed by atoms with Crippen LogP contribution in [0.2, 0.25) is 0 Å². The lowest BCUT2D eigenvalue weighted by Crippen LogP contribution is -2.18. The molecule has 4 aromatic rings. The molecule has 0 atom stereocenters. The van der Waals surface area contributed by atoms with Crippen molar-refractivity contribution in [1.29, 1.82) is 0 Å². The van der Waals surface area contributed by atoms with Gasteiger partial charge in [-0.05, 0) is 6.92 Å². The molecule has 0 aliphatic rings. The molecule has 0 unspecified atom stereocenters. The summed E-state index contributed by atoms with van der Waals surface area (Å²) in [7, 11) is -5.80. The average Bonchev–Trinajstić information content (AvgIpc) is 3.04. The first-order valence-corrected chi connectivity index (χ1v) is 13.6. The van der Waals surface area contributed by atoms with E-state index < -0.39 is 153 Å². The molecule has 0 heterocycles. The number of ether oxygens (including phenoxy) is 3. The Morgan fingerprint density at radius 1 is 0.429 bits per heavy atom. The number of sulfone groups is 1. The highest BCUT2D eigenvalue weighted by atomic mass is 32.2. The molecule has 264 valence electrons. The van der Waals surface area contributed by atoms with Crippen molar-refractivity contribution in [2.75, 3.05) is 13.9 Å². The van der Waals surface area contributed by atoms with Crippen LogP contribution in [0.15, 0.2) is 9.79 Å². The number of hydrogen-bond donors (Lipinski definition) is 0. The van der Waals surface area contributed by atoms with E-state index in [9.17, 15) is 78.7 Å². The van der Waals surface area contributed by atoms with Crippen LogP contribution in [0, 0.1) is 100.0 Å². The molecule has 0 saturated carbocycles. The fraction of sp³-hybridized carbons (Fsp3) is 0.111. The van der Waals surface area contributed by atoms with E-state index in [4.69, 9.17) is 0 Å². The van der Waals surface area contributed by atoms with Crippen molar-refractivity contribution in [1.82, 2.24) is 0 Å². The Kier molecular flexibility index (Phi) is 9.80. The topological polar surface area (TPSA) is 61.8 Å². The summed E-state index contributed by atoms with van der Waals surface area (Å²) in [4.78, 5) is -5.81. The SMILES string of the molecule is COCOc1c(F)c(F)c(-c2c(F)c(F)c(Oc3c(F)c(F)c(S(=O)(=O)c4c(F)c(F)c(C)c(F)c4F)c(F)c3F)c(F)c2F)c(F)c1F. The van der Waals surface area contributed by atoms with Gasteiger partial charge in [-0.15, -0.1) is 0 Å². The monoisotopic (exact) mass is 748 g/mol. The van der Waals surface area contributed by atoms with Gasteiger partial charge in [0.15, 0.2) is 70.7 Å². The summed E-state index contributed by atoms with van der Waals surface area (Å²) >= 11 is 0. The van der Waals surface area contributed by atoms with Gasteiger partial charge in [0.2, 0.25) is 56.2 Å². The molecule has 0 amide bonds. The molecule has 49 heavy (non-hydrogen) atoms. The number of rotatable bonds is 8. The van der Waals surface area contributed by atoms with E-state index >= 15 is 0 Å². The molecule has 0 aliphatic heterocycles. The van der Waals surface area contributed by atoms with Gasteiger partial charge in [-0.1, -0.05) is 0 Å². The third kappa shape index (κ3) is 5.55. The van der Waals surface area contributed by atoms with Crippen LogP contribution >= 0.6 is 0 Å². The third-order valence-electron chi connectivity index (χ3n) is 6.38. The first kappa shape index (κ1) is 37.1. The Morgan fingerprint density at radius 2 is 0.714 bits per heavy atom. The lowest BCUT2D eigenvalue weighted by molar-refractivity contribution is 0.0441. The quantitative estimate of drug-likeness (QED) is 0.103. The van der Waals surface area contributed by atoms with Gasteiger partial charge in [-0.25, -0.2) is 52.3 Å². The summed E-state index contributed by atoms with van der Waals surface area (Å²) in [5.74, 6) is -53.4. The average molecular weight is 748 g/mol. The lowest BCUT2D eigenvalue weighted by Gasteiger charge is -2.17. The van der Waals surface area contributed by atoms with Crippen LogP contribution in [0.3, 0.4) is 0 Å². The fourth-order valence-electron chi connectivity index (χ4n) is 4.07. The summed E-state index contributed by atoms with van der Waals surface area (Å²) in [5, 5.41) is 0. The first-order chi connectivity index (χ1) is 22.7. The second-order valence-corrected chi connectivity index (χ2v) is 11.0. The maximum atomic E-state index is 14.9. The molecule has 0 N–H and O–H groups in total. The van der Waals surface area contributed by atoms with Gasteiger partial charge >= 0.3 is 0 Å². The minimum Gasteiger partial charge on any atom is -0.461 e. The zero-order chi connectivity index (χ0) is 37.2. The first-order valence-electron chi connectivity index (χ1n) is 12.1. The smallest absolute Gasteiger partial charge is 0.218 e. The molecule has 0 fully saturated rings. The minimum absolute atomic E-state index is 0.384. The zero-order valence-corrected chi connectivity index (χ0v) is 24.0. The van der Waals surface area contributed by atoms with E-state index in [1.54, 1.807) is 0 Å². The maximum Gasteiger partial charge on any atom is 0.218 e. The molecule has 0 aromatic heterocycles. The van der Waals surface area contributed by atoms with Gasteiger partial charge < -0.3 is 14.2 Å². The van der Waals surface area contributed by atoms with Crippen molar-refractivity contribution in [2.24, 2.45) is 0 Å². The second-order valence-electron chi connectivity index (χ2n) is 9.20. The van der Waals surface area contributed by atoms with Crippen molar-refractivity contribution in [3.63, 3.8) is 0 Å². The molecule has 0 spiro atoms. The Morgan fingerprint density at radius 3 is 1.04 bits per heavy atom. The maximum absolute atomic E-state index is 14.9. The zero-order valence-electron chi connectivity index (χ0n) is 23.2. The molecular weight excluding hydrogens is 740 g/mol. The van der Waals surface area contributed by atoms with Crippen LogP contribution in [0.25, 0.3) is 11.1 Å². The Hall–Kier alpha value is -4.73. The van der Waals surface area contributed by atoms with Crippen LogP contribution in [0.1, 0.15) is 5.56 Å². The molecule has 0 saturated heterocycles. The van der Waals surface area contributed by atoms with Gasteiger partial charge in [-0.3, -0.25) is 0 Å². The summed E-state index contributed by atoms with van der Waals surface area (Å²) < 4.78 is 271. The van der Waals surface area contributed by atoms with E-state index in [1.807, 2.05) is 0 Å². The van der Waals surface area contributed by atoms with Gasteiger partial charge in [0.05, 0.1) is 11.1 Å². The molecule has 0 bridgehead atoms. The van der Waals surface area contributed by atoms with E-state index in [0.29, 0.717) is 6.92 Å². The van der Waals surface area contributed by atoms with Crippen LogP contribution in [0.5, 0.6) is 17.2 Å². The van der Waals surface area contributed by atoms with Gasteiger partial charge in [0.1, 0.15) is 9.79 Å². The molecular formula is C27H8F16O5S. The van der Waals surface area contributed by atoms with E-state index in [-0.39, 0.29) is 0 Å². The normalized spacial score (nSPS) is 11.8. The largest absolute Gasteiger partial charge is 0.461 e. The Labute approximate surface area is 260 Å². The van der Waals surface area contributed by atoms with Crippen molar-refractivity contribution in [2.45, 2.75) is 16.7 Å². The number of methoxy groups -OCH3 is 1. The van der Waals surface area contributed by atoms with Crippen LogP contribution in [0.4, 0.5) is 70.2 Å². The predicted molar refractivity (Wildman–Crippen MR) is 127 cm³/mol. The number of benzene rings is 4. The van der Waals surface area contributed by atoms with Gasteiger partial charge in [-0.2, -0.15) is 26.3 Å². The van der Waals surface area contributed by atoms with Crippen molar-refractivity contribution >= 4 is 9.84 Å². The lowest BCUT2D eigenvalue weighted by atomic mass is 10.0. The summed E-state index contributed by atoms with van der Waals surface area (Å²) in [6.07, 6.45) is 0. The van der Waals surface area contributed by atoms with Gasteiger partial charge in [0, 0.05) is 12.7 Å². The van der Waals surface area contributed by atoms with Crippen molar-refractivity contribution in [3.8, 4) is 28.4 Å². The van der Waals surface area contributed by atoms with Crippen LogP contribution in [-0.4, -0.2) is 22.3 Å². The molecule has 5 nitrogen and oxygen atoms in total. The summed E-state index contributed by atoms with van der Waals surface area (Å²) in [6.45, 7) is -0.670. The highest BCUT2D eigenvalue weighted by Crippen LogP contribution is 2.45. The fourth-order valence-corrected chi connectivity index (χ4v) is 5.58. The Balaban J connectivity index is 1.93. The third-order valence-corrected chi connectivity index (χ3v) is 8.18.